The van der Waals surface area contributed by atoms with Gasteiger partial charge in [-0.3, -0.25) is 14.7 Å². The lowest BCUT2D eigenvalue weighted by Crippen LogP contribution is -2.08. The molecule has 0 radical (unpaired) electrons. The molecule has 0 atom stereocenters. The third kappa shape index (κ3) is 1.80. The molecule has 88 valence electrons. The smallest absolute Gasteiger partial charge is 0.354 e. The SMILES string of the molecule is CNc1ncnc(-n2ccnc2C)c1[N+](=O)[O-]. The molecule has 0 spiro atoms. The Morgan fingerprint density at radius 2 is 2.18 bits per heavy atom. The summed E-state index contributed by atoms with van der Waals surface area (Å²) >= 11 is 0. The van der Waals surface area contributed by atoms with Crippen molar-refractivity contribution in [1.82, 2.24) is 19.5 Å². The van der Waals surface area contributed by atoms with Crippen LogP contribution in [-0.2, 0) is 0 Å². The fraction of sp³-hybridized carbons (Fsp3) is 0.222. The number of aryl methyl sites for hydroxylation is 1. The highest BCUT2D eigenvalue weighted by Crippen LogP contribution is 2.27. The van der Waals surface area contributed by atoms with Gasteiger partial charge in [0.2, 0.25) is 11.6 Å². The van der Waals surface area contributed by atoms with E-state index in [0.717, 1.165) is 0 Å². The number of nitrogens with one attached hydrogen (secondary N) is 1. The molecule has 0 aromatic carbocycles. The number of hydrogen-bond donors (Lipinski definition) is 1. The van der Waals surface area contributed by atoms with Crippen molar-refractivity contribution in [2.75, 3.05) is 12.4 Å². The average molecular weight is 234 g/mol. The standard InChI is InChI=1S/C9H10N6O2/c1-6-11-3-4-14(6)9-7(15(16)17)8(10-2)12-5-13-9/h3-5H,1-2H3,(H,10,12,13). The summed E-state index contributed by atoms with van der Waals surface area (Å²) in [4.78, 5) is 22.3. The predicted octanol–water partition coefficient (Wildman–Crippen LogP) is 0.921. The predicted molar refractivity (Wildman–Crippen MR) is 60.1 cm³/mol. The summed E-state index contributed by atoms with van der Waals surface area (Å²) in [6, 6.07) is 0. The number of rotatable bonds is 3. The van der Waals surface area contributed by atoms with Crippen LogP contribution < -0.4 is 5.32 Å². The number of imidazole rings is 1. The zero-order valence-corrected chi connectivity index (χ0v) is 9.28. The molecule has 17 heavy (non-hydrogen) atoms. The zero-order valence-electron chi connectivity index (χ0n) is 9.28. The largest absolute Gasteiger partial charge is 0.367 e. The van der Waals surface area contributed by atoms with E-state index in [9.17, 15) is 10.1 Å². The van der Waals surface area contributed by atoms with Crippen LogP contribution in [0.25, 0.3) is 5.82 Å². The lowest BCUT2D eigenvalue weighted by atomic mass is 10.4. The summed E-state index contributed by atoms with van der Waals surface area (Å²) < 4.78 is 1.54. The van der Waals surface area contributed by atoms with Gasteiger partial charge in [-0.15, -0.1) is 0 Å². The molecule has 2 heterocycles. The molecule has 0 saturated heterocycles. The van der Waals surface area contributed by atoms with E-state index in [2.05, 4.69) is 20.3 Å². The minimum absolute atomic E-state index is 0.170. The van der Waals surface area contributed by atoms with Gasteiger partial charge >= 0.3 is 5.69 Å². The molecule has 0 amide bonds. The normalized spacial score (nSPS) is 10.2. The van der Waals surface area contributed by atoms with Gasteiger partial charge in [0.1, 0.15) is 12.2 Å². The first-order chi connectivity index (χ1) is 8.15. The summed E-state index contributed by atoms with van der Waals surface area (Å²) in [7, 11) is 1.57. The number of nitrogens with zero attached hydrogens (tertiary/aromatic N) is 5. The molecule has 8 nitrogen and oxygen atoms in total. The summed E-state index contributed by atoms with van der Waals surface area (Å²) in [5.74, 6) is 0.992. The highest BCUT2D eigenvalue weighted by atomic mass is 16.6. The lowest BCUT2D eigenvalue weighted by molar-refractivity contribution is -0.384. The van der Waals surface area contributed by atoms with Crippen molar-refractivity contribution in [3.8, 4) is 5.82 Å². The van der Waals surface area contributed by atoms with Crippen molar-refractivity contribution in [2.24, 2.45) is 0 Å². The van der Waals surface area contributed by atoms with E-state index in [0.29, 0.717) is 5.82 Å². The fourth-order valence-electron chi connectivity index (χ4n) is 1.50. The third-order valence-corrected chi connectivity index (χ3v) is 2.28. The summed E-state index contributed by atoms with van der Waals surface area (Å²) in [5, 5.41) is 13.7. The van der Waals surface area contributed by atoms with Gasteiger partial charge in [0.05, 0.1) is 4.92 Å². The highest BCUT2D eigenvalue weighted by Gasteiger charge is 2.23. The maximum atomic E-state index is 11.1. The van der Waals surface area contributed by atoms with Crippen LogP contribution in [0.4, 0.5) is 11.5 Å². The van der Waals surface area contributed by atoms with Crippen LogP contribution >= 0.6 is 0 Å². The molecule has 0 unspecified atom stereocenters. The lowest BCUT2D eigenvalue weighted by Gasteiger charge is -2.07. The van der Waals surface area contributed by atoms with Crippen molar-refractivity contribution in [3.05, 3.63) is 34.7 Å². The summed E-state index contributed by atoms with van der Waals surface area (Å²) in [6.07, 6.45) is 4.44. The number of anilines is 1. The van der Waals surface area contributed by atoms with Gasteiger partial charge < -0.3 is 5.32 Å². The second kappa shape index (κ2) is 4.16. The van der Waals surface area contributed by atoms with Crippen LogP contribution in [0.5, 0.6) is 0 Å². The molecule has 1 N–H and O–H groups in total. The number of hydrogen-bond acceptors (Lipinski definition) is 6. The van der Waals surface area contributed by atoms with Gasteiger partial charge in [-0.2, -0.15) is 0 Å². The molecule has 2 aromatic rings. The molecule has 0 bridgehead atoms. The molecule has 0 fully saturated rings. The molecule has 2 aromatic heterocycles. The molecule has 2 rings (SSSR count). The molecule has 8 heteroatoms. The molecule has 0 aliphatic rings. The Hall–Kier alpha value is -2.51. The highest BCUT2D eigenvalue weighted by molar-refractivity contribution is 5.63. The van der Waals surface area contributed by atoms with E-state index in [1.54, 1.807) is 30.9 Å². The minimum atomic E-state index is -0.513. The van der Waals surface area contributed by atoms with Gasteiger partial charge in [-0.05, 0) is 6.92 Å². The van der Waals surface area contributed by atoms with Gasteiger partial charge in [-0.1, -0.05) is 0 Å². The van der Waals surface area contributed by atoms with Crippen LogP contribution in [0.2, 0.25) is 0 Å². The minimum Gasteiger partial charge on any atom is -0.367 e. The van der Waals surface area contributed by atoms with Crippen LogP contribution in [0, 0.1) is 17.0 Å². The number of aromatic nitrogens is 4. The van der Waals surface area contributed by atoms with Crippen molar-refractivity contribution in [3.63, 3.8) is 0 Å². The van der Waals surface area contributed by atoms with Crippen LogP contribution in [-0.4, -0.2) is 31.5 Å². The monoisotopic (exact) mass is 234 g/mol. The number of nitro groups is 1. The van der Waals surface area contributed by atoms with E-state index in [1.807, 2.05) is 0 Å². The topological polar surface area (TPSA) is 98.8 Å². The van der Waals surface area contributed by atoms with Crippen LogP contribution in [0.15, 0.2) is 18.7 Å². The van der Waals surface area contributed by atoms with Gasteiger partial charge in [0, 0.05) is 19.4 Å². The second-order valence-electron chi connectivity index (χ2n) is 3.25. The Bertz CT molecular complexity index is 564. The first-order valence-electron chi connectivity index (χ1n) is 4.82. The van der Waals surface area contributed by atoms with Crippen molar-refractivity contribution >= 4 is 11.5 Å². The summed E-state index contributed by atoms with van der Waals surface area (Å²) in [5.41, 5.74) is -0.170. The molecular weight excluding hydrogens is 224 g/mol. The van der Waals surface area contributed by atoms with Crippen LogP contribution in [0.1, 0.15) is 5.82 Å². The first kappa shape index (κ1) is 11.0. The van der Waals surface area contributed by atoms with E-state index in [1.165, 1.54) is 6.33 Å². The fourth-order valence-corrected chi connectivity index (χ4v) is 1.50. The maximum Gasteiger partial charge on any atom is 0.354 e. The Morgan fingerprint density at radius 1 is 1.41 bits per heavy atom. The molecular formula is C9H10N6O2. The zero-order chi connectivity index (χ0) is 12.4. The quantitative estimate of drug-likeness (QED) is 0.626. The van der Waals surface area contributed by atoms with Crippen molar-refractivity contribution in [1.29, 1.82) is 0 Å². The molecule has 0 aliphatic carbocycles. The molecule has 0 aliphatic heterocycles. The second-order valence-corrected chi connectivity index (χ2v) is 3.25. The van der Waals surface area contributed by atoms with Crippen LogP contribution in [0.3, 0.4) is 0 Å². The van der Waals surface area contributed by atoms with Crippen molar-refractivity contribution in [2.45, 2.75) is 6.92 Å². The third-order valence-electron chi connectivity index (χ3n) is 2.28. The summed E-state index contributed by atoms with van der Waals surface area (Å²) in [6.45, 7) is 1.74. The Labute approximate surface area is 96.5 Å². The first-order valence-corrected chi connectivity index (χ1v) is 4.82. The molecule has 0 saturated carbocycles. The Morgan fingerprint density at radius 3 is 2.71 bits per heavy atom. The van der Waals surface area contributed by atoms with Gasteiger partial charge in [0.25, 0.3) is 0 Å². The van der Waals surface area contributed by atoms with E-state index in [-0.39, 0.29) is 17.3 Å². The maximum absolute atomic E-state index is 11.1. The van der Waals surface area contributed by atoms with Gasteiger partial charge in [-0.25, -0.2) is 15.0 Å². The van der Waals surface area contributed by atoms with E-state index in [4.69, 9.17) is 0 Å². The average Bonchev–Trinajstić information content (AvgIpc) is 2.74. The van der Waals surface area contributed by atoms with Gasteiger partial charge in [0.15, 0.2) is 0 Å². The van der Waals surface area contributed by atoms with E-state index >= 15 is 0 Å². The van der Waals surface area contributed by atoms with E-state index < -0.39 is 4.92 Å². The Kier molecular flexibility index (Phi) is 2.69. The van der Waals surface area contributed by atoms with Crippen molar-refractivity contribution < 1.29 is 4.92 Å². The Balaban J connectivity index is 2.70.